The average molecular weight is 262 g/mol. The molecular formula is C12H26N2O4. The van der Waals surface area contributed by atoms with Gasteiger partial charge in [0.1, 0.15) is 12.7 Å². The van der Waals surface area contributed by atoms with Crippen LogP contribution < -0.4 is 5.73 Å². The number of carbonyl (C=O) groups excluding carboxylic acids is 1. The number of amides is 1. The minimum atomic E-state index is -0.896. The zero-order chi connectivity index (χ0) is 14.3. The number of carbonyl (C=O) groups is 1. The number of aliphatic hydroxyl groups is 2. The number of likely N-dealkylation sites (N-methyl/N-ethyl adjacent to an activating group) is 1. The summed E-state index contributed by atoms with van der Waals surface area (Å²) in [5.41, 5.74) is 4.67. The van der Waals surface area contributed by atoms with Crippen molar-refractivity contribution >= 4 is 6.09 Å². The first-order chi connectivity index (χ1) is 8.23. The van der Waals surface area contributed by atoms with Gasteiger partial charge in [-0.25, -0.2) is 4.79 Å². The van der Waals surface area contributed by atoms with Crippen LogP contribution in [0.2, 0.25) is 0 Å². The van der Waals surface area contributed by atoms with Gasteiger partial charge in [0.25, 0.3) is 0 Å². The summed E-state index contributed by atoms with van der Waals surface area (Å²) in [6.45, 7) is 8.96. The van der Waals surface area contributed by atoms with Crippen molar-refractivity contribution in [3.63, 3.8) is 0 Å². The second-order valence-corrected chi connectivity index (χ2v) is 5.36. The number of nitrogens with two attached hydrogens (primary N) is 1. The minimum absolute atomic E-state index is 0.0177. The van der Waals surface area contributed by atoms with Crippen molar-refractivity contribution in [3.05, 3.63) is 0 Å². The number of ether oxygens (including phenoxy) is 1. The Hall–Kier alpha value is -0.850. The summed E-state index contributed by atoms with van der Waals surface area (Å²) in [4.78, 5) is 12.5. The van der Waals surface area contributed by atoms with E-state index in [1.54, 1.807) is 0 Å². The molecule has 0 radical (unpaired) electrons. The van der Waals surface area contributed by atoms with Crippen molar-refractivity contribution in [2.75, 3.05) is 26.3 Å². The first-order valence-corrected chi connectivity index (χ1v) is 6.19. The predicted molar refractivity (Wildman–Crippen MR) is 69.1 cm³/mol. The van der Waals surface area contributed by atoms with Gasteiger partial charge in [-0.05, 0) is 12.0 Å². The number of hydrogen-bond acceptors (Lipinski definition) is 5. The molecule has 0 aliphatic rings. The normalized spacial score (nSPS) is 15.5. The van der Waals surface area contributed by atoms with E-state index in [9.17, 15) is 9.90 Å². The van der Waals surface area contributed by atoms with Crippen molar-refractivity contribution in [1.29, 1.82) is 0 Å². The van der Waals surface area contributed by atoms with Gasteiger partial charge in [0.15, 0.2) is 0 Å². The molecule has 18 heavy (non-hydrogen) atoms. The molecule has 108 valence electrons. The van der Waals surface area contributed by atoms with Crippen molar-refractivity contribution in [2.45, 2.75) is 39.8 Å². The molecule has 0 bridgehead atoms. The van der Waals surface area contributed by atoms with Crippen LogP contribution in [0.5, 0.6) is 0 Å². The van der Waals surface area contributed by atoms with Gasteiger partial charge < -0.3 is 20.7 Å². The molecule has 0 spiro atoms. The number of rotatable bonds is 7. The first kappa shape index (κ1) is 17.2. The number of nitrogens with zero attached hydrogens (tertiary/aromatic N) is 1. The van der Waals surface area contributed by atoms with Crippen molar-refractivity contribution < 1.29 is 19.7 Å². The number of primary amides is 1. The van der Waals surface area contributed by atoms with Crippen LogP contribution in [-0.4, -0.2) is 59.7 Å². The molecule has 0 aliphatic heterocycles. The monoisotopic (exact) mass is 262 g/mol. The summed E-state index contributed by atoms with van der Waals surface area (Å²) in [5, 5.41) is 19.2. The van der Waals surface area contributed by atoms with Crippen molar-refractivity contribution in [1.82, 2.24) is 4.90 Å². The third-order valence-corrected chi connectivity index (χ3v) is 2.83. The van der Waals surface area contributed by atoms with Crippen LogP contribution in [-0.2, 0) is 4.74 Å². The van der Waals surface area contributed by atoms with Crippen LogP contribution in [0.15, 0.2) is 0 Å². The lowest BCUT2D eigenvalue weighted by Gasteiger charge is -2.42. The van der Waals surface area contributed by atoms with Gasteiger partial charge in [-0.1, -0.05) is 27.7 Å². The van der Waals surface area contributed by atoms with E-state index in [4.69, 9.17) is 10.8 Å². The van der Waals surface area contributed by atoms with Gasteiger partial charge >= 0.3 is 6.09 Å². The number of aliphatic hydroxyl groups excluding tert-OH is 2. The molecule has 0 aromatic rings. The molecule has 1 amide bonds. The van der Waals surface area contributed by atoms with Gasteiger partial charge in [0.05, 0.1) is 6.61 Å². The molecule has 0 heterocycles. The van der Waals surface area contributed by atoms with E-state index in [0.717, 1.165) is 0 Å². The molecule has 6 heteroatoms. The molecule has 0 fully saturated rings. The third-order valence-electron chi connectivity index (χ3n) is 2.83. The molecule has 0 aromatic carbocycles. The highest BCUT2D eigenvalue weighted by atomic mass is 16.6. The van der Waals surface area contributed by atoms with Gasteiger partial charge in [0, 0.05) is 12.6 Å². The molecule has 0 aliphatic carbocycles. The number of hydrogen-bond donors (Lipinski definition) is 3. The summed E-state index contributed by atoms with van der Waals surface area (Å²) >= 11 is 0. The molecule has 0 saturated heterocycles. The van der Waals surface area contributed by atoms with Crippen LogP contribution in [0.1, 0.15) is 27.7 Å². The van der Waals surface area contributed by atoms with Gasteiger partial charge in [-0.2, -0.15) is 0 Å². The highest BCUT2D eigenvalue weighted by Crippen LogP contribution is 2.27. The van der Waals surface area contributed by atoms with E-state index in [-0.39, 0.29) is 24.7 Å². The summed E-state index contributed by atoms with van der Waals surface area (Å²) < 4.78 is 4.65. The molecule has 0 rings (SSSR count). The summed E-state index contributed by atoms with van der Waals surface area (Å²) in [5.74, 6) is 0. The topological polar surface area (TPSA) is 96.0 Å². The van der Waals surface area contributed by atoms with Crippen LogP contribution >= 0.6 is 0 Å². The zero-order valence-corrected chi connectivity index (χ0v) is 11.7. The largest absolute Gasteiger partial charge is 0.447 e. The molecule has 0 aromatic heterocycles. The Morgan fingerprint density at radius 1 is 1.44 bits per heavy atom. The Balaban J connectivity index is 4.80. The lowest BCUT2D eigenvalue weighted by Crippen LogP contribution is -2.53. The van der Waals surface area contributed by atoms with Gasteiger partial charge in [-0.15, -0.1) is 0 Å². The molecule has 0 saturated carbocycles. The maximum atomic E-state index is 10.6. The Kier molecular flexibility index (Phi) is 7.20. The fourth-order valence-electron chi connectivity index (χ4n) is 2.25. The smallest absolute Gasteiger partial charge is 0.404 e. The van der Waals surface area contributed by atoms with E-state index in [0.29, 0.717) is 13.1 Å². The average Bonchev–Trinajstić information content (AvgIpc) is 2.23. The molecule has 2 atom stereocenters. The SMILES string of the molecule is CCN(CCO)C(C(O)COC(N)=O)C(C)(C)C. The van der Waals surface area contributed by atoms with Gasteiger partial charge in [0.2, 0.25) is 0 Å². The van der Waals surface area contributed by atoms with Crippen LogP contribution in [0, 0.1) is 5.41 Å². The Bertz CT molecular complexity index is 253. The van der Waals surface area contributed by atoms with Crippen molar-refractivity contribution in [2.24, 2.45) is 11.1 Å². The van der Waals surface area contributed by atoms with Crippen LogP contribution in [0.3, 0.4) is 0 Å². The third kappa shape index (κ3) is 5.66. The van der Waals surface area contributed by atoms with E-state index < -0.39 is 12.2 Å². The lowest BCUT2D eigenvalue weighted by atomic mass is 9.82. The second-order valence-electron chi connectivity index (χ2n) is 5.36. The summed E-state index contributed by atoms with van der Waals surface area (Å²) in [6, 6.07) is -0.228. The van der Waals surface area contributed by atoms with Crippen LogP contribution in [0.4, 0.5) is 4.79 Å². The maximum absolute atomic E-state index is 10.6. The van der Waals surface area contributed by atoms with Crippen molar-refractivity contribution in [3.8, 4) is 0 Å². The maximum Gasteiger partial charge on any atom is 0.404 e. The first-order valence-electron chi connectivity index (χ1n) is 6.19. The summed E-state index contributed by atoms with van der Waals surface area (Å²) in [7, 11) is 0. The highest BCUT2D eigenvalue weighted by molar-refractivity contribution is 5.64. The van der Waals surface area contributed by atoms with E-state index >= 15 is 0 Å². The Morgan fingerprint density at radius 3 is 2.33 bits per heavy atom. The molecular weight excluding hydrogens is 236 g/mol. The van der Waals surface area contributed by atoms with E-state index in [1.165, 1.54) is 0 Å². The Morgan fingerprint density at radius 2 is 2.00 bits per heavy atom. The minimum Gasteiger partial charge on any atom is -0.447 e. The molecule has 4 N–H and O–H groups in total. The molecule has 6 nitrogen and oxygen atoms in total. The summed E-state index contributed by atoms with van der Waals surface area (Å²) in [6.07, 6.45) is -1.74. The van der Waals surface area contributed by atoms with Gasteiger partial charge in [-0.3, -0.25) is 4.90 Å². The lowest BCUT2D eigenvalue weighted by molar-refractivity contribution is -0.0406. The standard InChI is InChI=1S/C12H26N2O4/c1-5-14(6-7-15)10(12(2,3)4)9(16)8-18-11(13)17/h9-10,15-16H,5-8H2,1-4H3,(H2,13,17). The van der Waals surface area contributed by atoms with E-state index in [2.05, 4.69) is 4.74 Å². The fraction of sp³-hybridized carbons (Fsp3) is 0.917. The van der Waals surface area contributed by atoms with Crippen LogP contribution in [0.25, 0.3) is 0 Å². The highest BCUT2D eigenvalue weighted by Gasteiger charge is 2.35. The fourth-order valence-corrected chi connectivity index (χ4v) is 2.25. The Labute approximate surface area is 109 Å². The predicted octanol–water partition coefficient (Wildman–Crippen LogP) is 0.171. The zero-order valence-electron chi connectivity index (χ0n) is 11.7. The van der Waals surface area contributed by atoms with E-state index in [1.807, 2.05) is 32.6 Å². The second kappa shape index (κ2) is 7.56. The molecule has 2 unspecified atom stereocenters. The quantitative estimate of drug-likeness (QED) is 0.608.